The lowest BCUT2D eigenvalue weighted by molar-refractivity contribution is 0.164. The normalized spacial score (nSPS) is 19.6. The minimum atomic E-state index is 0.329. The molecular weight excluding hydrogens is 248 g/mol. The van der Waals surface area contributed by atoms with E-state index in [0.29, 0.717) is 12.0 Å². The van der Waals surface area contributed by atoms with E-state index in [2.05, 4.69) is 47.7 Å². The second kappa shape index (κ2) is 5.54. The van der Waals surface area contributed by atoms with Crippen molar-refractivity contribution in [2.75, 3.05) is 13.1 Å². The molecule has 1 aliphatic heterocycles. The number of nitrogens with zero attached hydrogens (tertiary/aromatic N) is 3. The maximum atomic E-state index is 6.00. The predicted octanol–water partition coefficient (Wildman–Crippen LogP) is 2.20. The Bertz CT molecular complexity index is 579. The van der Waals surface area contributed by atoms with Gasteiger partial charge in [0.05, 0.1) is 5.69 Å². The molecule has 1 aliphatic rings. The summed E-state index contributed by atoms with van der Waals surface area (Å²) >= 11 is 0. The lowest BCUT2D eigenvalue weighted by atomic mass is 9.91. The molecule has 3 heterocycles. The van der Waals surface area contributed by atoms with Crippen LogP contribution < -0.4 is 5.73 Å². The van der Waals surface area contributed by atoms with Crippen LogP contribution in [-0.4, -0.2) is 33.4 Å². The summed E-state index contributed by atoms with van der Waals surface area (Å²) in [6.45, 7) is 7.47. The van der Waals surface area contributed by atoms with E-state index >= 15 is 0 Å². The number of likely N-dealkylation sites (tertiary alicyclic amines) is 1. The summed E-state index contributed by atoms with van der Waals surface area (Å²) in [7, 11) is 0. The van der Waals surface area contributed by atoms with E-state index < -0.39 is 0 Å². The van der Waals surface area contributed by atoms with Crippen LogP contribution in [0.5, 0.6) is 0 Å². The van der Waals surface area contributed by atoms with E-state index in [1.807, 2.05) is 0 Å². The highest BCUT2D eigenvalue weighted by molar-refractivity contribution is 5.47. The Morgan fingerprint density at radius 3 is 2.80 bits per heavy atom. The third kappa shape index (κ3) is 2.72. The second-order valence-electron chi connectivity index (χ2n) is 6.13. The highest BCUT2D eigenvalue weighted by atomic mass is 15.1. The summed E-state index contributed by atoms with van der Waals surface area (Å²) in [5, 5.41) is 0. The van der Waals surface area contributed by atoms with Gasteiger partial charge in [0.25, 0.3) is 0 Å². The first-order valence-corrected chi connectivity index (χ1v) is 7.54. The molecule has 1 saturated heterocycles. The third-order valence-electron chi connectivity index (χ3n) is 4.49. The van der Waals surface area contributed by atoms with Gasteiger partial charge in [-0.1, -0.05) is 6.07 Å². The van der Waals surface area contributed by atoms with Crippen LogP contribution in [-0.2, 0) is 6.54 Å². The molecule has 4 nitrogen and oxygen atoms in total. The number of imidazole rings is 1. The van der Waals surface area contributed by atoms with E-state index in [-0.39, 0.29) is 0 Å². The van der Waals surface area contributed by atoms with Gasteiger partial charge >= 0.3 is 0 Å². The van der Waals surface area contributed by atoms with E-state index in [4.69, 9.17) is 10.7 Å². The molecule has 0 aromatic carbocycles. The number of nitrogens with two attached hydrogens (primary N) is 1. The Balaban J connectivity index is 1.67. The maximum absolute atomic E-state index is 6.00. The molecule has 1 unspecified atom stereocenters. The summed E-state index contributed by atoms with van der Waals surface area (Å²) in [4.78, 5) is 7.25. The second-order valence-corrected chi connectivity index (χ2v) is 6.13. The lowest BCUT2D eigenvalue weighted by Crippen LogP contribution is -2.39. The predicted molar refractivity (Wildman–Crippen MR) is 81.6 cm³/mol. The van der Waals surface area contributed by atoms with Gasteiger partial charge in [-0.3, -0.25) is 4.90 Å². The van der Waals surface area contributed by atoms with Crippen LogP contribution in [0, 0.1) is 12.8 Å². The average Bonchev–Trinajstić information content (AvgIpc) is 2.83. The van der Waals surface area contributed by atoms with Crippen LogP contribution in [0.4, 0.5) is 0 Å². The topological polar surface area (TPSA) is 46.6 Å². The smallest absolute Gasteiger partial charge is 0.139 e. The molecule has 0 saturated carbocycles. The van der Waals surface area contributed by atoms with E-state index in [1.54, 1.807) is 0 Å². The van der Waals surface area contributed by atoms with Crippen molar-refractivity contribution < 1.29 is 0 Å². The molecule has 0 amide bonds. The van der Waals surface area contributed by atoms with E-state index in [0.717, 1.165) is 25.3 Å². The number of hydrogen-bond acceptors (Lipinski definition) is 3. The maximum Gasteiger partial charge on any atom is 0.139 e. The van der Waals surface area contributed by atoms with Crippen molar-refractivity contribution >= 4 is 5.65 Å². The number of pyridine rings is 1. The van der Waals surface area contributed by atoms with Gasteiger partial charge in [0.2, 0.25) is 0 Å². The van der Waals surface area contributed by atoms with Crippen LogP contribution in [0.15, 0.2) is 24.5 Å². The minimum absolute atomic E-state index is 0.329. The molecule has 2 aromatic heterocycles. The molecule has 0 aliphatic carbocycles. The standard InChI is InChI=1S/C16H24N4/c1-12-4-3-7-20-11-15(18-16(12)20)10-19-8-5-14(6-9-19)13(2)17/h3-4,7,11,13-14H,5-6,8-10,17H2,1-2H3. The van der Waals surface area contributed by atoms with Crippen molar-refractivity contribution in [3.63, 3.8) is 0 Å². The molecule has 3 rings (SSSR count). The SMILES string of the molecule is Cc1cccn2cc(CN3CCC(C(C)N)CC3)nc12. The minimum Gasteiger partial charge on any atom is -0.328 e. The molecule has 108 valence electrons. The first-order valence-electron chi connectivity index (χ1n) is 7.54. The fourth-order valence-corrected chi connectivity index (χ4v) is 3.15. The van der Waals surface area contributed by atoms with Gasteiger partial charge in [-0.2, -0.15) is 0 Å². The zero-order valence-electron chi connectivity index (χ0n) is 12.4. The number of piperidine rings is 1. The Kier molecular flexibility index (Phi) is 3.76. The summed E-state index contributed by atoms with van der Waals surface area (Å²) in [5.74, 6) is 0.689. The highest BCUT2D eigenvalue weighted by Crippen LogP contribution is 2.21. The fourth-order valence-electron chi connectivity index (χ4n) is 3.15. The van der Waals surface area contributed by atoms with Crippen LogP contribution >= 0.6 is 0 Å². The molecular formula is C16H24N4. The van der Waals surface area contributed by atoms with Gasteiger partial charge in [-0.15, -0.1) is 0 Å². The van der Waals surface area contributed by atoms with Gasteiger partial charge in [0.15, 0.2) is 0 Å². The monoisotopic (exact) mass is 272 g/mol. The Labute approximate surface area is 120 Å². The zero-order valence-corrected chi connectivity index (χ0v) is 12.4. The molecule has 0 radical (unpaired) electrons. The van der Waals surface area contributed by atoms with Gasteiger partial charge < -0.3 is 10.1 Å². The average molecular weight is 272 g/mol. The molecule has 0 bridgehead atoms. The first kappa shape index (κ1) is 13.6. The summed E-state index contributed by atoms with van der Waals surface area (Å²) in [6, 6.07) is 4.51. The van der Waals surface area contributed by atoms with E-state index in [1.165, 1.54) is 24.1 Å². The number of aryl methyl sites for hydroxylation is 1. The molecule has 1 atom stereocenters. The molecule has 4 heteroatoms. The Morgan fingerprint density at radius 1 is 1.40 bits per heavy atom. The van der Waals surface area contributed by atoms with Gasteiger partial charge in [-0.25, -0.2) is 4.98 Å². The fraction of sp³-hybridized carbons (Fsp3) is 0.562. The van der Waals surface area contributed by atoms with Crippen molar-refractivity contribution in [3.8, 4) is 0 Å². The molecule has 2 N–H and O–H groups in total. The molecule has 20 heavy (non-hydrogen) atoms. The number of hydrogen-bond donors (Lipinski definition) is 1. The third-order valence-corrected chi connectivity index (χ3v) is 4.49. The van der Waals surface area contributed by atoms with Crippen molar-refractivity contribution in [2.45, 2.75) is 39.3 Å². The number of rotatable bonds is 3. The van der Waals surface area contributed by atoms with Crippen molar-refractivity contribution in [2.24, 2.45) is 11.7 Å². The van der Waals surface area contributed by atoms with Gasteiger partial charge in [-0.05, 0) is 57.3 Å². The summed E-state index contributed by atoms with van der Waals surface area (Å²) in [6.07, 6.45) is 6.65. The van der Waals surface area contributed by atoms with Crippen LogP contribution in [0.1, 0.15) is 31.0 Å². The van der Waals surface area contributed by atoms with E-state index in [9.17, 15) is 0 Å². The van der Waals surface area contributed by atoms with Crippen molar-refractivity contribution in [3.05, 3.63) is 35.8 Å². The number of aromatic nitrogens is 2. The summed E-state index contributed by atoms with van der Waals surface area (Å²) in [5.41, 5.74) is 9.47. The van der Waals surface area contributed by atoms with Crippen LogP contribution in [0.2, 0.25) is 0 Å². The zero-order chi connectivity index (χ0) is 14.1. The summed E-state index contributed by atoms with van der Waals surface area (Å²) < 4.78 is 2.12. The van der Waals surface area contributed by atoms with Crippen molar-refractivity contribution in [1.82, 2.24) is 14.3 Å². The lowest BCUT2D eigenvalue weighted by Gasteiger charge is -2.33. The Hall–Kier alpha value is -1.39. The van der Waals surface area contributed by atoms with Crippen LogP contribution in [0.25, 0.3) is 5.65 Å². The molecule has 1 fully saturated rings. The highest BCUT2D eigenvalue weighted by Gasteiger charge is 2.22. The first-order chi connectivity index (χ1) is 9.63. The molecule has 2 aromatic rings. The largest absolute Gasteiger partial charge is 0.328 e. The van der Waals surface area contributed by atoms with Crippen LogP contribution in [0.3, 0.4) is 0 Å². The number of fused-ring (bicyclic) bond motifs is 1. The van der Waals surface area contributed by atoms with Gasteiger partial charge in [0, 0.05) is 25.0 Å². The van der Waals surface area contributed by atoms with Gasteiger partial charge in [0.1, 0.15) is 5.65 Å². The van der Waals surface area contributed by atoms with Crippen molar-refractivity contribution in [1.29, 1.82) is 0 Å². The quantitative estimate of drug-likeness (QED) is 0.932. The Morgan fingerprint density at radius 2 is 2.15 bits per heavy atom. The molecule has 0 spiro atoms.